The number of aliphatic hydroxyl groups excluding tert-OH is 1. The fourth-order valence-corrected chi connectivity index (χ4v) is 2.60. The van der Waals surface area contributed by atoms with Gasteiger partial charge in [-0.1, -0.05) is 17.7 Å². The van der Waals surface area contributed by atoms with Crippen molar-refractivity contribution in [2.24, 2.45) is 0 Å². The number of aryl methyl sites for hydroxylation is 2. The normalized spacial score (nSPS) is 13.1. The van der Waals surface area contributed by atoms with E-state index >= 15 is 0 Å². The highest BCUT2D eigenvalue weighted by Crippen LogP contribution is 2.18. The third-order valence-corrected chi connectivity index (χ3v) is 4.04. The Bertz CT molecular complexity index is 543. The predicted molar refractivity (Wildman–Crippen MR) is 84.6 cm³/mol. The molecular weight excluding hydrogens is 290 g/mol. The van der Waals surface area contributed by atoms with Gasteiger partial charge in [0, 0.05) is 12.8 Å². The Labute approximate surface area is 127 Å². The van der Waals surface area contributed by atoms with Crippen molar-refractivity contribution in [3.63, 3.8) is 0 Å². The van der Waals surface area contributed by atoms with Gasteiger partial charge in [-0.25, -0.2) is 8.42 Å². The molecule has 120 valence electrons. The maximum Gasteiger partial charge on any atom is 0.147 e. The Hall–Kier alpha value is -1.11. The van der Waals surface area contributed by atoms with E-state index in [1.165, 1.54) is 11.8 Å². The van der Waals surface area contributed by atoms with E-state index in [2.05, 4.69) is 5.32 Å². The van der Waals surface area contributed by atoms with Gasteiger partial charge in [-0.05, 0) is 38.4 Å². The third-order valence-electron chi connectivity index (χ3n) is 3.01. The summed E-state index contributed by atoms with van der Waals surface area (Å²) in [5.41, 5.74) is 2.22. The van der Waals surface area contributed by atoms with Crippen LogP contribution in [-0.4, -0.2) is 51.3 Å². The summed E-state index contributed by atoms with van der Waals surface area (Å²) in [6.45, 7) is 5.15. The van der Waals surface area contributed by atoms with Gasteiger partial charge in [0.1, 0.15) is 28.3 Å². The van der Waals surface area contributed by atoms with Gasteiger partial charge in [-0.3, -0.25) is 0 Å². The monoisotopic (exact) mass is 315 g/mol. The lowest BCUT2D eigenvalue weighted by atomic mass is 10.1. The van der Waals surface area contributed by atoms with Crippen LogP contribution in [0.25, 0.3) is 0 Å². The fourth-order valence-electron chi connectivity index (χ4n) is 1.93. The number of hydrogen-bond donors (Lipinski definition) is 2. The van der Waals surface area contributed by atoms with Gasteiger partial charge in [0.05, 0.1) is 5.75 Å². The topological polar surface area (TPSA) is 75.6 Å². The van der Waals surface area contributed by atoms with Crippen molar-refractivity contribution in [1.29, 1.82) is 0 Å². The van der Waals surface area contributed by atoms with Crippen LogP contribution in [0.4, 0.5) is 0 Å². The third kappa shape index (κ3) is 8.04. The number of nitrogens with one attached hydrogen (secondary N) is 1. The highest BCUT2D eigenvalue weighted by molar-refractivity contribution is 7.90. The van der Waals surface area contributed by atoms with Crippen molar-refractivity contribution < 1.29 is 18.3 Å². The van der Waals surface area contributed by atoms with Crippen molar-refractivity contribution in [2.75, 3.05) is 31.7 Å². The minimum atomic E-state index is -2.91. The van der Waals surface area contributed by atoms with E-state index in [9.17, 15) is 13.5 Å². The molecule has 0 aliphatic heterocycles. The molecule has 2 N–H and O–H groups in total. The van der Waals surface area contributed by atoms with E-state index in [4.69, 9.17) is 4.74 Å². The molecule has 5 nitrogen and oxygen atoms in total. The number of sulfone groups is 1. The molecule has 0 spiro atoms. The summed E-state index contributed by atoms with van der Waals surface area (Å²) in [5.74, 6) is 0.937. The molecule has 0 amide bonds. The molecule has 1 atom stereocenters. The van der Waals surface area contributed by atoms with Crippen molar-refractivity contribution in [1.82, 2.24) is 5.32 Å². The van der Waals surface area contributed by atoms with Gasteiger partial charge in [0.2, 0.25) is 0 Å². The van der Waals surface area contributed by atoms with Crippen LogP contribution in [0.5, 0.6) is 5.75 Å². The van der Waals surface area contributed by atoms with E-state index in [0.29, 0.717) is 19.5 Å². The molecule has 0 fully saturated rings. The van der Waals surface area contributed by atoms with E-state index in [-0.39, 0.29) is 12.4 Å². The molecule has 21 heavy (non-hydrogen) atoms. The largest absolute Gasteiger partial charge is 0.491 e. The molecule has 1 rings (SSSR count). The summed E-state index contributed by atoms with van der Waals surface area (Å²) in [4.78, 5) is 0. The number of ether oxygens (including phenoxy) is 1. The van der Waals surface area contributed by atoms with E-state index < -0.39 is 15.9 Å². The first kappa shape index (κ1) is 17.9. The van der Waals surface area contributed by atoms with E-state index in [1.807, 2.05) is 32.0 Å². The first-order valence-electron chi connectivity index (χ1n) is 7.04. The quantitative estimate of drug-likeness (QED) is 0.667. The Morgan fingerprint density at radius 2 is 2.05 bits per heavy atom. The van der Waals surface area contributed by atoms with Crippen molar-refractivity contribution in [2.45, 2.75) is 26.4 Å². The van der Waals surface area contributed by atoms with Crippen LogP contribution in [0.15, 0.2) is 18.2 Å². The fraction of sp³-hybridized carbons (Fsp3) is 0.600. The van der Waals surface area contributed by atoms with E-state index in [1.54, 1.807) is 0 Å². The van der Waals surface area contributed by atoms with Gasteiger partial charge in [-0.2, -0.15) is 0 Å². The smallest absolute Gasteiger partial charge is 0.147 e. The minimum absolute atomic E-state index is 0.162. The number of benzene rings is 1. The van der Waals surface area contributed by atoms with Gasteiger partial charge >= 0.3 is 0 Å². The first-order valence-corrected chi connectivity index (χ1v) is 9.10. The lowest BCUT2D eigenvalue weighted by molar-refractivity contribution is 0.106. The van der Waals surface area contributed by atoms with Crippen LogP contribution in [0.1, 0.15) is 17.5 Å². The second-order valence-electron chi connectivity index (χ2n) is 5.42. The Morgan fingerprint density at radius 3 is 2.67 bits per heavy atom. The van der Waals surface area contributed by atoms with Gasteiger partial charge in [-0.15, -0.1) is 0 Å². The molecule has 0 heterocycles. The molecule has 0 aromatic heterocycles. The highest BCUT2D eigenvalue weighted by Gasteiger charge is 2.07. The average Bonchev–Trinajstić information content (AvgIpc) is 2.36. The lowest BCUT2D eigenvalue weighted by Crippen LogP contribution is -2.32. The van der Waals surface area contributed by atoms with Crippen LogP contribution in [-0.2, 0) is 9.84 Å². The SMILES string of the molecule is Cc1ccc(OCC(O)CNCCCS(C)(=O)=O)c(C)c1. The molecule has 0 aliphatic carbocycles. The lowest BCUT2D eigenvalue weighted by Gasteiger charge is -2.14. The van der Waals surface area contributed by atoms with Crippen LogP contribution < -0.4 is 10.1 Å². The predicted octanol–water partition coefficient (Wildman–Crippen LogP) is 1.07. The number of hydrogen-bond acceptors (Lipinski definition) is 5. The minimum Gasteiger partial charge on any atom is -0.491 e. The summed E-state index contributed by atoms with van der Waals surface area (Å²) >= 11 is 0. The second-order valence-corrected chi connectivity index (χ2v) is 7.68. The molecule has 1 unspecified atom stereocenters. The van der Waals surface area contributed by atoms with Gasteiger partial charge < -0.3 is 15.2 Å². The summed E-state index contributed by atoms with van der Waals surface area (Å²) < 4.78 is 27.5. The van der Waals surface area contributed by atoms with Gasteiger partial charge in [0.15, 0.2) is 0 Å². The molecule has 0 radical (unpaired) electrons. The van der Waals surface area contributed by atoms with Crippen LogP contribution in [0, 0.1) is 13.8 Å². The zero-order chi connectivity index (χ0) is 15.9. The average molecular weight is 315 g/mol. The summed E-state index contributed by atoms with van der Waals surface area (Å²) in [5, 5.41) is 12.8. The highest BCUT2D eigenvalue weighted by atomic mass is 32.2. The summed E-state index contributed by atoms with van der Waals surface area (Å²) in [7, 11) is -2.91. The molecule has 6 heteroatoms. The molecule has 0 saturated carbocycles. The Kier molecular flexibility index (Phi) is 7.14. The molecule has 1 aromatic rings. The molecule has 0 aliphatic rings. The second kappa shape index (κ2) is 8.36. The standard InChI is InChI=1S/C15H25NO4S/c1-12-5-6-15(13(2)9-12)20-11-14(17)10-16-7-4-8-21(3,18)19/h5-6,9,14,16-17H,4,7-8,10-11H2,1-3H3. The summed E-state index contributed by atoms with van der Waals surface area (Å²) in [6, 6.07) is 5.90. The molecule has 0 bridgehead atoms. The van der Waals surface area contributed by atoms with Crippen LogP contribution in [0.3, 0.4) is 0 Å². The molecule has 1 aromatic carbocycles. The summed E-state index contributed by atoms with van der Waals surface area (Å²) in [6.07, 6.45) is 1.15. The molecular formula is C15H25NO4S. The van der Waals surface area contributed by atoms with Crippen LogP contribution >= 0.6 is 0 Å². The zero-order valence-electron chi connectivity index (χ0n) is 12.9. The maximum absolute atomic E-state index is 10.9. The Balaban J connectivity index is 2.20. The molecule has 0 saturated heterocycles. The zero-order valence-corrected chi connectivity index (χ0v) is 13.7. The number of aliphatic hydroxyl groups is 1. The van der Waals surface area contributed by atoms with Crippen molar-refractivity contribution in [3.8, 4) is 5.75 Å². The number of rotatable bonds is 9. The van der Waals surface area contributed by atoms with Crippen molar-refractivity contribution in [3.05, 3.63) is 29.3 Å². The maximum atomic E-state index is 10.9. The van der Waals surface area contributed by atoms with Crippen molar-refractivity contribution >= 4 is 9.84 Å². The first-order chi connectivity index (χ1) is 9.78. The van der Waals surface area contributed by atoms with Crippen LogP contribution in [0.2, 0.25) is 0 Å². The van der Waals surface area contributed by atoms with Gasteiger partial charge in [0.25, 0.3) is 0 Å². The van der Waals surface area contributed by atoms with E-state index in [0.717, 1.165) is 11.3 Å². The Morgan fingerprint density at radius 1 is 1.33 bits per heavy atom.